The topological polar surface area (TPSA) is 81.4 Å². The van der Waals surface area contributed by atoms with E-state index in [1.54, 1.807) is 35.7 Å². The van der Waals surface area contributed by atoms with Crippen molar-refractivity contribution in [1.29, 1.82) is 0 Å². The highest BCUT2D eigenvalue weighted by molar-refractivity contribution is 9.10. The first-order valence-corrected chi connectivity index (χ1v) is 9.22. The number of hydrogen-bond acceptors (Lipinski definition) is 5. The summed E-state index contributed by atoms with van der Waals surface area (Å²) in [6.07, 6.45) is 0. The minimum atomic E-state index is -3.60. The van der Waals surface area contributed by atoms with Gasteiger partial charge in [0.05, 0.1) is 0 Å². The number of halogens is 1. The van der Waals surface area contributed by atoms with Gasteiger partial charge >= 0.3 is 0 Å². The predicted molar refractivity (Wildman–Crippen MR) is 91.5 cm³/mol. The van der Waals surface area contributed by atoms with Gasteiger partial charge in [0.25, 0.3) is 10.0 Å². The maximum absolute atomic E-state index is 12.2. The summed E-state index contributed by atoms with van der Waals surface area (Å²) in [6, 6.07) is 8.17. The number of anilines is 1. The molecule has 112 valence electrons. The standard InChI is InChI=1S/C12H11BrN2O3S3/c13-10-5-6-20-12(10)21(16,17)15-8-1-3-9(4-2-8)18-7-11(14)19/h1-6,15H,7H2,(H2,14,19). The molecule has 0 amide bonds. The Morgan fingerprint density at radius 2 is 2.00 bits per heavy atom. The Labute approximate surface area is 140 Å². The first kappa shape index (κ1) is 16.2. The summed E-state index contributed by atoms with van der Waals surface area (Å²) in [5.74, 6) is 0.558. The quantitative estimate of drug-likeness (QED) is 0.720. The van der Waals surface area contributed by atoms with Crippen LogP contribution in [-0.2, 0) is 10.0 Å². The predicted octanol–water partition coefficient (Wildman–Crippen LogP) is 2.98. The zero-order valence-corrected chi connectivity index (χ0v) is 14.6. The van der Waals surface area contributed by atoms with E-state index in [0.717, 1.165) is 11.3 Å². The average molecular weight is 407 g/mol. The van der Waals surface area contributed by atoms with Crippen LogP contribution in [0, 0.1) is 0 Å². The third-order valence-corrected chi connectivity index (χ3v) is 6.49. The van der Waals surface area contributed by atoms with Crippen molar-refractivity contribution in [2.24, 2.45) is 5.73 Å². The number of thiophene rings is 1. The van der Waals surface area contributed by atoms with Gasteiger partial charge in [-0.3, -0.25) is 4.72 Å². The molecule has 1 aromatic carbocycles. The van der Waals surface area contributed by atoms with E-state index in [-0.39, 0.29) is 15.8 Å². The Balaban J connectivity index is 2.10. The number of rotatable bonds is 6. The fourth-order valence-corrected chi connectivity index (χ4v) is 4.90. The average Bonchev–Trinajstić information content (AvgIpc) is 2.84. The molecule has 0 bridgehead atoms. The second-order valence-corrected chi connectivity index (χ2v) is 8.11. The van der Waals surface area contributed by atoms with Gasteiger partial charge < -0.3 is 10.5 Å². The van der Waals surface area contributed by atoms with Crippen molar-refractivity contribution in [3.8, 4) is 5.75 Å². The van der Waals surface area contributed by atoms with Gasteiger partial charge in [0.15, 0.2) is 4.21 Å². The summed E-state index contributed by atoms with van der Waals surface area (Å²) in [7, 11) is -3.60. The molecule has 0 aliphatic heterocycles. The van der Waals surface area contributed by atoms with Crippen LogP contribution < -0.4 is 15.2 Å². The van der Waals surface area contributed by atoms with Crippen molar-refractivity contribution < 1.29 is 13.2 Å². The van der Waals surface area contributed by atoms with Gasteiger partial charge in [-0.15, -0.1) is 11.3 Å². The first-order chi connectivity index (χ1) is 9.88. The summed E-state index contributed by atoms with van der Waals surface area (Å²) >= 11 is 9.06. The Kier molecular flexibility index (Phi) is 5.20. The summed E-state index contributed by atoms with van der Waals surface area (Å²) in [5.41, 5.74) is 5.78. The van der Waals surface area contributed by atoms with Gasteiger partial charge in [-0.2, -0.15) is 0 Å². The molecule has 0 unspecified atom stereocenters. The van der Waals surface area contributed by atoms with Crippen molar-refractivity contribution >= 4 is 60.2 Å². The molecule has 2 rings (SSSR count). The molecule has 0 saturated carbocycles. The van der Waals surface area contributed by atoms with Crippen LogP contribution in [0.4, 0.5) is 5.69 Å². The summed E-state index contributed by atoms with van der Waals surface area (Å²) in [5, 5.41) is 1.70. The maximum Gasteiger partial charge on any atom is 0.272 e. The molecule has 0 fully saturated rings. The molecule has 0 radical (unpaired) electrons. The molecule has 0 saturated heterocycles. The SMILES string of the molecule is NC(=S)COc1ccc(NS(=O)(=O)c2sccc2Br)cc1. The van der Waals surface area contributed by atoms with E-state index < -0.39 is 10.0 Å². The molecular formula is C12H11BrN2O3S3. The molecule has 1 aromatic heterocycles. The molecule has 0 atom stereocenters. The van der Waals surface area contributed by atoms with Gasteiger partial charge in [0.1, 0.15) is 17.3 Å². The number of thiocarbonyl (C=S) groups is 1. The van der Waals surface area contributed by atoms with Gasteiger partial charge in [0.2, 0.25) is 0 Å². The van der Waals surface area contributed by atoms with Crippen LogP contribution in [0.1, 0.15) is 0 Å². The van der Waals surface area contributed by atoms with Crippen LogP contribution in [0.5, 0.6) is 5.75 Å². The van der Waals surface area contributed by atoms with Crippen LogP contribution in [0.3, 0.4) is 0 Å². The molecule has 9 heteroatoms. The summed E-state index contributed by atoms with van der Waals surface area (Å²) in [6.45, 7) is 0.141. The molecule has 0 aliphatic carbocycles. The van der Waals surface area contributed by atoms with Crippen molar-refractivity contribution in [1.82, 2.24) is 0 Å². The van der Waals surface area contributed by atoms with Crippen LogP contribution in [0.2, 0.25) is 0 Å². The number of sulfonamides is 1. The smallest absolute Gasteiger partial charge is 0.272 e. The minimum absolute atomic E-state index is 0.141. The largest absolute Gasteiger partial charge is 0.487 e. The molecule has 1 heterocycles. The van der Waals surface area contributed by atoms with Gasteiger partial charge in [-0.25, -0.2) is 8.42 Å². The maximum atomic E-state index is 12.2. The van der Waals surface area contributed by atoms with Crippen LogP contribution in [0.25, 0.3) is 0 Å². The third kappa shape index (κ3) is 4.40. The van der Waals surface area contributed by atoms with Crippen molar-refractivity contribution in [2.45, 2.75) is 4.21 Å². The second-order valence-electron chi connectivity index (χ2n) is 3.94. The molecule has 5 nitrogen and oxygen atoms in total. The lowest BCUT2D eigenvalue weighted by molar-refractivity contribution is 0.377. The number of nitrogens with one attached hydrogen (secondary N) is 1. The van der Waals surface area contributed by atoms with E-state index in [2.05, 4.69) is 20.7 Å². The van der Waals surface area contributed by atoms with E-state index in [9.17, 15) is 8.42 Å². The molecule has 3 N–H and O–H groups in total. The number of nitrogens with two attached hydrogens (primary N) is 1. The highest BCUT2D eigenvalue weighted by atomic mass is 79.9. The zero-order chi connectivity index (χ0) is 15.5. The van der Waals surface area contributed by atoms with E-state index in [1.807, 2.05) is 0 Å². The normalized spacial score (nSPS) is 11.1. The van der Waals surface area contributed by atoms with Crippen LogP contribution in [-0.4, -0.2) is 20.0 Å². The van der Waals surface area contributed by atoms with Gasteiger partial charge in [-0.1, -0.05) is 12.2 Å². The lowest BCUT2D eigenvalue weighted by atomic mass is 10.3. The first-order valence-electron chi connectivity index (χ1n) is 5.65. The summed E-state index contributed by atoms with van der Waals surface area (Å²) in [4.78, 5) is 0.252. The van der Waals surface area contributed by atoms with Crippen LogP contribution in [0.15, 0.2) is 44.4 Å². The second kappa shape index (κ2) is 6.73. The number of hydrogen-bond donors (Lipinski definition) is 2. The molecule has 21 heavy (non-hydrogen) atoms. The fourth-order valence-electron chi connectivity index (χ4n) is 1.45. The monoisotopic (exact) mass is 406 g/mol. The number of ether oxygens (including phenoxy) is 1. The van der Waals surface area contributed by atoms with Crippen molar-refractivity contribution in [3.63, 3.8) is 0 Å². The molecule has 2 aromatic rings. The zero-order valence-electron chi connectivity index (χ0n) is 10.6. The van der Waals surface area contributed by atoms with Crippen molar-refractivity contribution in [3.05, 3.63) is 40.2 Å². The van der Waals surface area contributed by atoms with E-state index >= 15 is 0 Å². The van der Waals surface area contributed by atoms with Gasteiger partial charge in [0, 0.05) is 10.2 Å². The van der Waals surface area contributed by atoms with E-state index in [0.29, 0.717) is 15.9 Å². The van der Waals surface area contributed by atoms with Gasteiger partial charge in [-0.05, 0) is 51.6 Å². The molecule has 0 aliphatic rings. The Bertz CT molecular complexity index is 741. The Hall–Kier alpha value is -1.16. The Morgan fingerprint density at radius 1 is 1.33 bits per heavy atom. The lowest BCUT2D eigenvalue weighted by Gasteiger charge is -2.08. The van der Waals surface area contributed by atoms with E-state index in [1.165, 1.54) is 0 Å². The Morgan fingerprint density at radius 3 is 2.52 bits per heavy atom. The number of benzene rings is 1. The van der Waals surface area contributed by atoms with Crippen LogP contribution >= 0.6 is 39.5 Å². The van der Waals surface area contributed by atoms with Crippen molar-refractivity contribution in [2.75, 3.05) is 11.3 Å². The minimum Gasteiger partial charge on any atom is -0.487 e. The highest BCUT2D eigenvalue weighted by Crippen LogP contribution is 2.29. The molecular weight excluding hydrogens is 396 g/mol. The third-order valence-electron chi connectivity index (χ3n) is 2.32. The summed E-state index contributed by atoms with van der Waals surface area (Å²) < 4.78 is 32.9. The molecule has 0 spiro atoms. The lowest BCUT2D eigenvalue weighted by Crippen LogP contribution is -2.17. The highest BCUT2D eigenvalue weighted by Gasteiger charge is 2.19. The fraction of sp³-hybridized carbons (Fsp3) is 0.0833. The van der Waals surface area contributed by atoms with E-state index in [4.69, 9.17) is 22.7 Å².